The molecule has 1 amide bonds. The number of hydrogen-bond acceptors (Lipinski definition) is 4. The number of furan rings is 1. The predicted octanol–water partition coefficient (Wildman–Crippen LogP) is 3.87. The summed E-state index contributed by atoms with van der Waals surface area (Å²) >= 11 is 0.830. The number of carbonyl (C=O) groups is 2. The van der Waals surface area contributed by atoms with Gasteiger partial charge in [-0.2, -0.15) is 0 Å². The van der Waals surface area contributed by atoms with Gasteiger partial charge in [-0.15, -0.1) is 0 Å². The van der Waals surface area contributed by atoms with Crippen molar-refractivity contribution in [2.75, 3.05) is 7.05 Å². The van der Waals surface area contributed by atoms with Crippen LogP contribution in [0.2, 0.25) is 0 Å². The highest BCUT2D eigenvalue weighted by Crippen LogP contribution is 2.25. The molecule has 0 fully saturated rings. The molecule has 0 aliphatic heterocycles. The van der Waals surface area contributed by atoms with Crippen LogP contribution in [0.1, 0.15) is 11.3 Å². The molecule has 0 saturated heterocycles. The molecule has 0 spiro atoms. The number of rotatable bonds is 4. The Hall–Kier alpha value is -2.27. The lowest BCUT2D eigenvalue weighted by Gasteiger charge is -1.99. The maximum atomic E-state index is 11.3. The highest BCUT2D eigenvalue weighted by Gasteiger charge is 2.07. The van der Waals surface area contributed by atoms with Crippen LogP contribution in [0.5, 0.6) is 0 Å². The van der Waals surface area contributed by atoms with Crippen LogP contribution in [-0.4, -0.2) is 18.6 Å². The molecule has 1 aromatic carbocycles. The summed E-state index contributed by atoms with van der Waals surface area (Å²) < 4.78 is 5.69. The van der Waals surface area contributed by atoms with Crippen molar-refractivity contribution in [3.63, 3.8) is 0 Å². The van der Waals surface area contributed by atoms with E-state index in [2.05, 4.69) is 5.32 Å². The molecule has 0 radical (unpaired) electrons. The number of allylic oxidation sites excluding steroid dienone is 1. The van der Waals surface area contributed by atoms with E-state index < -0.39 is 0 Å². The smallest absolute Gasteiger partial charge is 0.283 e. The number of amides is 1. The van der Waals surface area contributed by atoms with Crippen molar-refractivity contribution in [1.82, 2.24) is 5.32 Å². The number of aldehydes is 1. The first-order valence-electron chi connectivity index (χ1n) is 6.35. The third-order valence-electron chi connectivity index (χ3n) is 2.74. The van der Waals surface area contributed by atoms with Crippen LogP contribution in [0.15, 0.2) is 45.7 Å². The second-order valence-electron chi connectivity index (χ2n) is 4.38. The zero-order valence-electron chi connectivity index (χ0n) is 11.8. The number of aryl methyl sites for hydroxylation is 1. The number of benzene rings is 1. The van der Waals surface area contributed by atoms with Gasteiger partial charge in [0, 0.05) is 12.6 Å². The predicted molar refractivity (Wildman–Crippen MR) is 85.0 cm³/mol. The van der Waals surface area contributed by atoms with E-state index in [1.54, 1.807) is 12.1 Å². The molecule has 0 aliphatic rings. The van der Waals surface area contributed by atoms with E-state index in [4.69, 9.17) is 4.42 Å². The van der Waals surface area contributed by atoms with Crippen LogP contribution in [0, 0.1) is 6.92 Å². The van der Waals surface area contributed by atoms with Gasteiger partial charge in [-0.25, -0.2) is 0 Å². The summed E-state index contributed by atoms with van der Waals surface area (Å²) in [5.41, 5.74) is 2.12. The molecule has 0 saturated carbocycles. The van der Waals surface area contributed by atoms with Gasteiger partial charge in [0.15, 0.2) is 6.29 Å². The minimum atomic E-state index is -0.293. The lowest BCUT2D eigenvalue weighted by atomic mass is 10.1. The Morgan fingerprint density at radius 1 is 1.29 bits per heavy atom. The molecule has 1 heterocycles. The fourth-order valence-electron chi connectivity index (χ4n) is 1.77. The number of thioether (sulfide) groups is 1. The highest BCUT2D eigenvalue weighted by atomic mass is 32.2. The Labute approximate surface area is 127 Å². The van der Waals surface area contributed by atoms with Crippen LogP contribution in [0.4, 0.5) is 4.79 Å². The first-order chi connectivity index (χ1) is 10.1. The van der Waals surface area contributed by atoms with Crippen LogP contribution < -0.4 is 5.32 Å². The molecule has 2 aromatic rings. The fraction of sp³-hybridized carbons (Fsp3) is 0.125. The summed E-state index contributed by atoms with van der Waals surface area (Å²) in [6.07, 6.45) is 2.18. The van der Waals surface area contributed by atoms with Crippen molar-refractivity contribution in [1.29, 1.82) is 0 Å². The van der Waals surface area contributed by atoms with Crippen LogP contribution in [-0.2, 0) is 4.79 Å². The van der Waals surface area contributed by atoms with E-state index in [0.717, 1.165) is 28.6 Å². The van der Waals surface area contributed by atoms with Gasteiger partial charge in [-0.3, -0.25) is 9.59 Å². The molecule has 0 atom stereocenters. The third kappa shape index (κ3) is 4.10. The number of carbonyl (C=O) groups excluding carboxylic acids is 2. The standard InChI is InChI=1S/C16H15NO3S/c1-11-4-3-5-12(8-11)15-7-6-13(20-15)9-14(10-18)21-16(19)17-2/h3-10H,1-2H3,(H,17,19)/b14-9-. The highest BCUT2D eigenvalue weighted by molar-refractivity contribution is 8.17. The third-order valence-corrected chi connectivity index (χ3v) is 3.58. The van der Waals surface area contributed by atoms with Crippen molar-refractivity contribution in [3.05, 3.63) is 52.6 Å². The summed E-state index contributed by atoms with van der Waals surface area (Å²) in [4.78, 5) is 22.5. The van der Waals surface area contributed by atoms with Crippen molar-refractivity contribution in [3.8, 4) is 11.3 Å². The maximum Gasteiger partial charge on any atom is 0.283 e. The molecule has 108 valence electrons. The van der Waals surface area contributed by atoms with E-state index in [1.165, 1.54) is 7.05 Å². The molecule has 0 aliphatic carbocycles. The van der Waals surface area contributed by atoms with E-state index >= 15 is 0 Å². The van der Waals surface area contributed by atoms with Crippen molar-refractivity contribution in [2.45, 2.75) is 6.92 Å². The maximum absolute atomic E-state index is 11.3. The second kappa shape index (κ2) is 6.95. The van der Waals surface area contributed by atoms with Crippen molar-refractivity contribution >= 4 is 29.4 Å². The Kier molecular flexibility index (Phi) is 5.00. The van der Waals surface area contributed by atoms with Crippen molar-refractivity contribution in [2.24, 2.45) is 0 Å². The van der Waals surface area contributed by atoms with Gasteiger partial charge in [0.2, 0.25) is 0 Å². The number of nitrogens with one attached hydrogen (secondary N) is 1. The minimum absolute atomic E-state index is 0.291. The molecular weight excluding hydrogens is 286 g/mol. The Morgan fingerprint density at radius 2 is 2.10 bits per heavy atom. The van der Waals surface area contributed by atoms with E-state index in [-0.39, 0.29) is 5.24 Å². The number of hydrogen-bond donors (Lipinski definition) is 1. The minimum Gasteiger partial charge on any atom is -0.457 e. The first-order valence-corrected chi connectivity index (χ1v) is 7.17. The zero-order valence-corrected chi connectivity index (χ0v) is 12.6. The largest absolute Gasteiger partial charge is 0.457 e. The normalized spacial score (nSPS) is 11.2. The van der Waals surface area contributed by atoms with Gasteiger partial charge < -0.3 is 9.73 Å². The summed E-state index contributed by atoms with van der Waals surface area (Å²) in [6, 6.07) is 11.6. The van der Waals surface area contributed by atoms with Gasteiger partial charge in [-0.1, -0.05) is 23.8 Å². The summed E-state index contributed by atoms with van der Waals surface area (Å²) in [5, 5.41) is 2.15. The molecule has 0 bridgehead atoms. The average molecular weight is 301 g/mol. The first kappa shape index (κ1) is 15.1. The monoisotopic (exact) mass is 301 g/mol. The van der Waals surface area contributed by atoms with E-state index in [1.807, 2.05) is 37.3 Å². The summed E-state index contributed by atoms with van der Waals surface area (Å²) in [7, 11) is 1.51. The Balaban J connectivity index is 2.23. The Morgan fingerprint density at radius 3 is 2.76 bits per heavy atom. The summed E-state index contributed by atoms with van der Waals surface area (Å²) in [6.45, 7) is 2.01. The fourth-order valence-corrected chi connectivity index (χ4v) is 2.31. The molecule has 0 unspecified atom stereocenters. The van der Waals surface area contributed by atoms with Gasteiger partial charge in [0.25, 0.3) is 5.24 Å². The SMILES string of the molecule is CNC(=O)S/C(C=O)=C\c1ccc(-c2cccc(C)c2)o1. The molecule has 4 nitrogen and oxygen atoms in total. The second-order valence-corrected chi connectivity index (χ2v) is 5.42. The topological polar surface area (TPSA) is 59.3 Å². The van der Waals surface area contributed by atoms with Gasteiger partial charge in [0.05, 0.1) is 4.91 Å². The van der Waals surface area contributed by atoms with E-state index in [0.29, 0.717) is 17.0 Å². The van der Waals surface area contributed by atoms with Crippen molar-refractivity contribution < 1.29 is 14.0 Å². The van der Waals surface area contributed by atoms with E-state index in [9.17, 15) is 9.59 Å². The summed E-state index contributed by atoms with van der Waals surface area (Å²) in [5.74, 6) is 1.25. The molecule has 21 heavy (non-hydrogen) atoms. The molecule has 2 rings (SSSR count). The lowest BCUT2D eigenvalue weighted by Crippen LogP contribution is -2.11. The average Bonchev–Trinajstić information content (AvgIpc) is 2.95. The Bertz CT molecular complexity index is 688. The molecule has 5 heteroatoms. The van der Waals surface area contributed by atoms with Gasteiger partial charge in [0.1, 0.15) is 11.5 Å². The molecule has 1 aromatic heterocycles. The van der Waals surface area contributed by atoms with Crippen LogP contribution in [0.25, 0.3) is 17.4 Å². The molecular formula is C16H15NO3S. The quantitative estimate of drug-likeness (QED) is 0.688. The van der Waals surface area contributed by atoms with Gasteiger partial charge >= 0.3 is 0 Å². The van der Waals surface area contributed by atoms with Crippen LogP contribution in [0.3, 0.4) is 0 Å². The lowest BCUT2D eigenvalue weighted by molar-refractivity contribution is -0.104. The van der Waals surface area contributed by atoms with Gasteiger partial charge in [-0.05, 0) is 43.0 Å². The van der Waals surface area contributed by atoms with Crippen LogP contribution >= 0.6 is 11.8 Å². The zero-order chi connectivity index (χ0) is 15.2. The molecule has 1 N–H and O–H groups in total.